The van der Waals surface area contributed by atoms with Crippen LogP contribution in [-0.4, -0.2) is 25.9 Å². The fourth-order valence-corrected chi connectivity index (χ4v) is 2.96. The molecule has 98 valence electrons. The molecule has 1 N–H and O–H groups in total. The lowest BCUT2D eigenvalue weighted by Crippen LogP contribution is -2.25. The molecule has 0 fully saturated rings. The largest absolute Gasteiger partial charge is 0.304 e. The molecule has 2 rings (SSSR count). The van der Waals surface area contributed by atoms with Crippen molar-refractivity contribution in [2.75, 3.05) is 6.54 Å². The minimum atomic E-state index is 0.0780. The summed E-state index contributed by atoms with van der Waals surface area (Å²) in [5.74, 6) is 0. The molecular weight excluding hydrogens is 314 g/mol. The minimum Gasteiger partial charge on any atom is -0.304 e. The second-order valence-corrected chi connectivity index (χ2v) is 5.90. The summed E-state index contributed by atoms with van der Waals surface area (Å²) >= 11 is 4.99. The smallest absolute Gasteiger partial charge is 0.0885 e. The van der Waals surface area contributed by atoms with Crippen LogP contribution in [0.5, 0.6) is 0 Å². The summed E-state index contributed by atoms with van der Waals surface area (Å²) in [6.07, 6.45) is 3.65. The van der Waals surface area contributed by atoms with Crippen LogP contribution in [-0.2, 0) is 0 Å². The van der Waals surface area contributed by atoms with E-state index in [1.807, 2.05) is 17.1 Å². The van der Waals surface area contributed by atoms with Crippen LogP contribution in [0.15, 0.2) is 16.9 Å². The van der Waals surface area contributed by atoms with Gasteiger partial charge in [0.25, 0.3) is 0 Å². The van der Waals surface area contributed by atoms with Crippen LogP contribution < -0.4 is 5.32 Å². The van der Waals surface area contributed by atoms with Crippen LogP contribution in [0.1, 0.15) is 43.4 Å². The fraction of sp³-hybridized carbons (Fsp3) is 0.545. The maximum atomic E-state index is 4.42. The molecule has 0 radical (unpaired) electrons. The Hall–Kier alpha value is -0.790. The van der Waals surface area contributed by atoms with Gasteiger partial charge in [-0.25, -0.2) is 0 Å². The maximum absolute atomic E-state index is 4.42. The summed E-state index contributed by atoms with van der Waals surface area (Å²) in [6, 6.07) is 0.391. The number of rotatable bonds is 5. The zero-order chi connectivity index (χ0) is 13.1. The Bertz CT molecular complexity index is 494. The standard InChI is InChI=1S/C11H16BrN5S/c1-4-13-10(9-6-14-16-18-9)11-8(12)5-15-17(11)7(2)3/h5-7,10,13H,4H2,1-3H3. The van der Waals surface area contributed by atoms with Gasteiger partial charge in [0.2, 0.25) is 0 Å². The third kappa shape index (κ3) is 2.62. The molecule has 0 aliphatic heterocycles. The number of hydrogen-bond donors (Lipinski definition) is 1. The van der Waals surface area contributed by atoms with Crippen molar-refractivity contribution >= 4 is 27.5 Å². The molecule has 18 heavy (non-hydrogen) atoms. The zero-order valence-corrected chi connectivity index (χ0v) is 13.0. The Morgan fingerprint density at radius 2 is 2.22 bits per heavy atom. The van der Waals surface area contributed by atoms with E-state index in [9.17, 15) is 0 Å². The first kappa shape index (κ1) is 13.6. The van der Waals surface area contributed by atoms with Crippen molar-refractivity contribution in [1.29, 1.82) is 0 Å². The van der Waals surface area contributed by atoms with Crippen LogP contribution in [0, 0.1) is 0 Å². The molecule has 7 heteroatoms. The molecule has 2 aromatic rings. The third-order valence-electron chi connectivity index (χ3n) is 2.62. The molecule has 0 saturated carbocycles. The summed E-state index contributed by atoms with van der Waals surface area (Å²) < 4.78 is 6.98. The highest BCUT2D eigenvalue weighted by atomic mass is 79.9. The summed E-state index contributed by atoms with van der Waals surface area (Å²) in [7, 11) is 0. The predicted octanol–water partition coefficient (Wildman–Crippen LogP) is 2.78. The number of hydrogen-bond acceptors (Lipinski definition) is 5. The summed E-state index contributed by atoms with van der Waals surface area (Å²) in [5, 5.41) is 11.8. The maximum Gasteiger partial charge on any atom is 0.0885 e. The lowest BCUT2D eigenvalue weighted by atomic mass is 10.1. The SMILES string of the molecule is CCNC(c1cnns1)c1c(Br)cnn1C(C)C. The predicted molar refractivity (Wildman–Crippen MR) is 75.7 cm³/mol. The quantitative estimate of drug-likeness (QED) is 0.916. The monoisotopic (exact) mass is 329 g/mol. The first-order valence-corrected chi connectivity index (χ1v) is 7.45. The molecule has 2 aromatic heterocycles. The number of halogens is 1. The Morgan fingerprint density at radius 3 is 2.78 bits per heavy atom. The topological polar surface area (TPSA) is 55.6 Å². The highest BCUT2D eigenvalue weighted by molar-refractivity contribution is 9.10. The van der Waals surface area contributed by atoms with Crippen molar-refractivity contribution in [3.05, 3.63) is 27.4 Å². The molecule has 0 amide bonds. The van der Waals surface area contributed by atoms with Crippen LogP contribution >= 0.6 is 27.5 Å². The Balaban J connectivity index is 2.45. The van der Waals surface area contributed by atoms with Crippen LogP contribution in [0.2, 0.25) is 0 Å². The van der Waals surface area contributed by atoms with Gasteiger partial charge in [-0.15, -0.1) is 5.10 Å². The van der Waals surface area contributed by atoms with Crippen molar-refractivity contribution in [2.45, 2.75) is 32.9 Å². The number of nitrogens with one attached hydrogen (secondary N) is 1. The van der Waals surface area contributed by atoms with Gasteiger partial charge < -0.3 is 5.32 Å². The number of nitrogens with zero attached hydrogens (tertiary/aromatic N) is 4. The van der Waals surface area contributed by atoms with Gasteiger partial charge in [-0.3, -0.25) is 4.68 Å². The molecule has 0 aromatic carbocycles. The Kier molecular flexibility index (Phi) is 4.47. The van der Waals surface area contributed by atoms with E-state index in [1.54, 1.807) is 0 Å². The van der Waals surface area contributed by atoms with E-state index in [0.717, 1.165) is 21.6 Å². The van der Waals surface area contributed by atoms with Gasteiger partial charge in [-0.05, 0) is 47.9 Å². The van der Waals surface area contributed by atoms with Gasteiger partial charge in [0.1, 0.15) is 0 Å². The van der Waals surface area contributed by atoms with Gasteiger partial charge in [0.15, 0.2) is 0 Å². The van der Waals surface area contributed by atoms with Crippen molar-refractivity contribution in [3.63, 3.8) is 0 Å². The van der Waals surface area contributed by atoms with Gasteiger partial charge in [0.05, 0.1) is 33.5 Å². The van der Waals surface area contributed by atoms with E-state index < -0.39 is 0 Å². The van der Waals surface area contributed by atoms with Crippen LogP contribution in [0.3, 0.4) is 0 Å². The Labute approximate surface area is 119 Å². The van der Waals surface area contributed by atoms with E-state index in [0.29, 0.717) is 6.04 Å². The molecule has 1 unspecified atom stereocenters. The molecule has 0 spiro atoms. The molecule has 5 nitrogen and oxygen atoms in total. The normalized spacial score (nSPS) is 13.2. The lowest BCUT2D eigenvalue weighted by Gasteiger charge is -2.20. The van der Waals surface area contributed by atoms with Gasteiger partial charge in [-0.2, -0.15) is 5.10 Å². The van der Waals surface area contributed by atoms with Crippen molar-refractivity contribution in [1.82, 2.24) is 24.7 Å². The molecule has 1 atom stereocenters. The first-order valence-electron chi connectivity index (χ1n) is 5.88. The summed E-state index contributed by atoms with van der Waals surface area (Å²) in [4.78, 5) is 1.10. The van der Waals surface area contributed by atoms with E-state index >= 15 is 0 Å². The summed E-state index contributed by atoms with van der Waals surface area (Å²) in [5.41, 5.74) is 1.12. The molecule has 0 saturated heterocycles. The van der Waals surface area contributed by atoms with Gasteiger partial charge in [0, 0.05) is 6.04 Å². The van der Waals surface area contributed by atoms with Crippen molar-refractivity contribution in [3.8, 4) is 0 Å². The fourth-order valence-electron chi connectivity index (χ4n) is 1.87. The molecule has 0 bridgehead atoms. The van der Waals surface area contributed by atoms with E-state index in [-0.39, 0.29) is 6.04 Å². The number of aromatic nitrogens is 4. The average Bonchev–Trinajstić information content (AvgIpc) is 2.95. The Morgan fingerprint density at radius 1 is 1.44 bits per heavy atom. The molecule has 2 heterocycles. The van der Waals surface area contributed by atoms with Crippen LogP contribution in [0.4, 0.5) is 0 Å². The molecule has 0 aliphatic rings. The highest BCUT2D eigenvalue weighted by Crippen LogP contribution is 2.31. The molecule has 0 aliphatic carbocycles. The third-order valence-corrected chi connectivity index (χ3v) is 3.96. The van der Waals surface area contributed by atoms with Gasteiger partial charge in [-0.1, -0.05) is 11.4 Å². The van der Waals surface area contributed by atoms with Crippen molar-refractivity contribution < 1.29 is 0 Å². The lowest BCUT2D eigenvalue weighted by molar-refractivity contribution is 0.477. The molecular formula is C11H16BrN5S. The van der Waals surface area contributed by atoms with Crippen LogP contribution in [0.25, 0.3) is 0 Å². The van der Waals surface area contributed by atoms with Crippen molar-refractivity contribution in [2.24, 2.45) is 0 Å². The summed E-state index contributed by atoms with van der Waals surface area (Å²) in [6.45, 7) is 7.21. The second kappa shape index (κ2) is 5.90. The van der Waals surface area contributed by atoms with E-state index in [4.69, 9.17) is 0 Å². The minimum absolute atomic E-state index is 0.0780. The highest BCUT2D eigenvalue weighted by Gasteiger charge is 2.23. The average molecular weight is 330 g/mol. The first-order chi connectivity index (χ1) is 8.65. The van der Waals surface area contributed by atoms with E-state index in [1.165, 1.54) is 11.5 Å². The van der Waals surface area contributed by atoms with Gasteiger partial charge >= 0.3 is 0 Å². The second-order valence-electron chi connectivity index (χ2n) is 4.23. The zero-order valence-electron chi connectivity index (χ0n) is 10.6. The van der Waals surface area contributed by atoms with E-state index in [2.05, 4.69) is 56.7 Å².